The van der Waals surface area contributed by atoms with E-state index in [9.17, 15) is 9.59 Å². The van der Waals surface area contributed by atoms with Crippen LogP contribution < -0.4 is 10.1 Å². The van der Waals surface area contributed by atoms with Gasteiger partial charge < -0.3 is 15.2 Å². The number of thioether (sulfide) groups is 1. The van der Waals surface area contributed by atoms with Gasteiger partial charge in [0.05, 0.1) is 6.61 Å². The number of hydrogen-bond donors (Lipinski definition) is 2. The maximum atomic E-state index is 11.1. The molecule has 0 aromatic heterocycles. The number of aliphatic carboxylic acids is 1. The molecule has 1 aromatic carbocycles. The minimum absolute atomic E-state index is 0.316. The lowest BCUT2D eigenvalue weighted by molar-refractivity contribution is -0.140. The summed E-state index contributed by atoms with van der Waals surface area (Å²) in [6.07, 6.45) is 0.899. The second-order valence-electron chi connectivity index (χ2n) is 4.76. The zero-order valence-corrected chi connectivity index (χ0v) is 13.9. The van der Waals surface area contributed by atoms with Gasteiger partial charge in [0.15, 0.2) is 0 Å². The fraction of sp³-hybridized carbons (Fsp3) is 0.429. The van der Waals surface area contributed by atoms with Gasteiger partial charge in [-0.15, -0.1) is 0 Å². The first-order chi connectivity index (χ1) is 9.97. The maximum absolute atomic E-state index is 11.1. The number of ether oxygens (including phenoxy) is 1. The lowest BCUT2D eigenvalue weighted by atomic mass is 10.1. The van der Waals surface area contributed by atoms with Crippen LogP contribution in [0.1, 0.15) is 18.1 Å². The summed E-state index contributed by atoms with van der Waals surface area (Å²) in [5.41, 5.74) is 2.23. The summed E-state index contributed by atoms with van der Waals surface area (Å²) in [7, 11) is 0. The van der Waals surface area contributed by atoms with Crippen LogP contribution in [0.3, 0.4) is 0 Å². The summed E-state index contributed by atoms with van der Waals surface area (Å²) in [4.78, 5) is 22.0. The number of fused-ring (bicyclic) bond motifs is 1. The molecular formula is C14H16BrNO4S. The van der Waals surface area contributed by atoms with Crippen LogP contribution in [0.25, 0.3) is 0 Å². The molecule has 1 atom stereocenters. The molecule has 1 heterocycles. The number of hydrogen-bond acceptors (Lipinski definition) is 4. The third-order valence-electron chi connectivity index (χ3n) is 3.04. The van der Waals surface area contributed by atoms with Crippen LogP contribution >= 0.6 is 27.7 Å². The molecule has 1 aliphatic rings. The minimum Gasteiger partial charge on any atom is -0.493 e. The summed E-state index contributed by atoms with van der Waals surface area (Å²) >= 11 is 4.94. The number of benzene rings is 1. The Labute approximate surface area is 135 Å². The molecule has 0 radical (unpaired) electrons. The van der Waals surface area contributed by atoms with Gasteiger partial charge in [0.25, 0.3) is 0 Å². The third kappa shape index (κ3) is 4.38. The molecule has 7 heteroatoms. The van der Waals surface area contributed by atoms with E-state index in [1.54, 1.807) is 0 Å². The van der Waals surface area contributed by atoms with E-state index in [1.807, 2.05) is 12.1 Å². The summed E-state index contributed by atoms with van der Waals surface area (Å²) in [5.74, 6) is 0.515. The third-order valence-corrected chi connectivity index (χ3v) is 4.59. The smallest absolute Gasteiger partial charge is 0.327 e. The van der Waals surface area contributed by atoms with E-state index in [2.05, 4.69) is 21.2 Å². The monoisotopic (exact) mass is 373 g/mol. The van der Waals surface area contributed by atoms with Crippen molar-refractivity contribution in [2.24, 2.45) is 0 Å². The summed E-state index contributed by atoms with van der Waals surface area (Å²) in [5, 5.41) is 11.5. The second kappa shape index (κ2) is 7.17. The molecule has 114 valence electrons. The predicted octanol–water partition coefficient (Wildman–Crippen LogP) is 2.21. The standard InChI is InChI=1S/C14H16BrNO4S/c1-8(17)16-12(14(18)19)7-21-6-10-5-11(15)4-9-2-3-20-13(9)10/h4-5,12H,2-3,6-7H2,1H3,(H,16,17)(H,18,19). The molecular weight excluding hydrogens is 358 g/mol. The average Bonchev–Trinajstić information content (AvgIpc) is 2.84. The fourth-order valence-corrected chi connectivity index (χ4v) is 3.73. The normalized spacial score (nSPS) is 14.2. The first kappa shape index (κ1) is 16.2. The Balaban J connectivity index is 1.97. The van der Waals surface area contributed by atoms with Gasteiger partial charge in [-0.2, -0.15) is 11.8 Å². The Morgan fingerprint density at radius 1 is 1.52 bits per heavy atom. The number of carbonyl (C=O) groups is 2. The van der Waals surface area contributed by atoms with Crippen molar-refractivity contribution in [1.82, 2.24) is 5.32 Å². The van der Waals surface area contributed by atoms with Gasteiger partial charge in [0, 0.05) is 34.9 Å². The molecule has 21 heavy (non-hydrogen) atoms. The minimum atomic E-state index is -1.02. The number of amides is 1. The number of nitrogens with one attached hydrogen (secondary N) is 1. The van der Waals surface area contributed by atoms with E-state index in [0.717, 1.165) is 22.2 Å². The molecule has 1 aliphatic heterocycles. The Morgan fingerprint density at radius 3 is 2.95 bits per heavy atom. The van der Waals surface area contributed by atoms with Crippen molar-refractivity contribution >= 4 is 39.6 Å². The van der Waals surface area contributed by atoms with Crippen molar-refractivity contribution in [3.8, 4) is 5.75 Å². The van der Waals surface area contributed by atoms with Crippen molar-refractivity contribution in [3.05, 3.63) is 27.7 Å². The molecule has 0 bridgehead atoms. The van der Waals surface area contributed by atoms with Gasteiger partial charge >= 0.3 is 5.97 Å². The average molecular weight is 374 g/mol. The molecule has 1 amide bonds. The van der Waals surface area contributed by atoms with Crippen LogP contribution in [-0.2, 0) is 21.8 Å². The molecule has 0 saturated heterocycles. The van der Waals surface area contributed by atoms with Crippen LogP contribution in [0.15, 0.2) is 16.6 Å². The quantitative estimate of drug-likeness (QED) is 0.799. The van der Waals surface area contributed by atoms with Gasteiger partial charge in [-0.1, -0.05) is 15.9 Å². The molecule has 5 nitrogen and oxygen atoms in total. The van der Waals surface area contributed by atoms with E-state index in [4.69, 9.17) is 9.84 Å². The van der Waals surface area contributed by atoms with Crippen LogP contribution in [0.2, 0.25) is 0 Å². The molecule has 0 saturated carbocycles. The topological polar surface area (TPSA) is 75.6 Å². The number of halogens is 1. The van der Waals surface area contributed by atoms with E-state index in [-0.39, 0.29) is 5.91 Å². The van der Waals surface area contributed by atoms with Crippen molar-refractivity contribution in [3.63, 3.8) is 0 Å². The highest BCUT2D eigenvalue weighted by Gasteiger charge is 2.20. The number of carboxylic acids is 1. The van der Waals surface area contributed by atoms with Crippen molar-refractivity contribution in [2.75, 3.05) is 12.4 Å². The largest absolute Gasteiger partial charge is 0.493 e. The van der Waals surface area contributed by atoms with Crippen LogP contribution in [0.4, 0.5) is 0 Å². The predicted molar refractivity (Wildman–Crippen MR) is 84.7 cm³/mol. The Kier molecular flexibility index (Phi) is 5.52. The molecule has 0 spiro atoms. The maximum Gasteiger partial charge on any atom is 0.327 e. The summed E-state index contributed by atoms with van der Waals surface area (Å²) in [6.45, 7) is 2.00. The number of carbonyl (C=O) groups excluding carboxylic acids is 1. The van der Waals surface area contributed by atoms with Crippen molar-refractivity contribution in [1.29, 1.82) is 0 Å². The summed E-state index contributed by atoms with van der Waals surface area (Å²) < 4.78 is 6.63. The zero-order chi connectivity index (χ0) is 15.4. The fourth-order valence-electron chi connectivity index (χ4n) is 2.16. The van der Waals surface area contributed by atoms with Crippen LogP contribution in [-0.4, -0.2) is 35.4 Å². The lowest BCUT2D eigenvalue weighted by Gasteiger charge is -2.14. The van der Waals surface area contributed by atoms with Gasteiger partial charge in [-0.3, -0.25) is 4.79 Å². The highest BCUT2D eigenvalue weighted by molar-refractivity contribution is 9.10. The number of carboxylic acid groups (broad SMARTS) is 1. The van der Waals surface area contributed by atoms with Crippen LogP contribution in [0, 0.1) is 0 Å². The van der Waals surface area contributed by atoms with Gasteiger partial charge in [-0.05, 0) is 17.7 Å². The van der Waals surface area contributed by atoms with E-state index >= 15 is 0 Å². The Hall–Kier alpha value is -1.21. The second-order valence-corrected chi connectivity index (χ2v) is 6.70. The highest BCUT2D eigenvalue weighted by Crippen LogP contribution is 2.35. The molecule has 0 fully saturated rings. The zero-order valence-electron chi connectivity index (χ0n) is 11.5. The van der Waals surface area contributed by atoms with Gasteiger partial charge in [0.2, 0.25) is 5.91 Å². The Morgan fingerprint density at radius 2 is 2.29 bits per heavy atom. The first-order valence-corrected chi connectivity index (χ1v) is 8.44. The highest BCUT2D eigenvalue weighted by atomic mass is 79.9. The van der Waals surface area contributed by atoms with E-state index in [0.29, 0.717) is 18.1 Å². The summed E-state index contributed by atoms with van der Waals surface area (Å²) in [6, 6.07) is 3.17. The first-order valence-electron chi connectivity index (χ1n) is 6.49. The van der Waals surface area contributed by atoms with Crippen molar-refractivity contribution in [2.45, 2.75) is 25.1 Å². The molecule has 0 aliphatic carbocycles. The molecule has 1 aromatic rings. The molecule has 2 rings (SSSR count). The molecule has 2 N–H and O–H groups in total. The SMILES string of the molecule is CC(=O)NC(CSCc1cc(Br)cc2c1OCC2)C(=O)O. The van der Waals surface area contributed by atoms with Crippen LogP contribution in [0.5, 0.6) is 5.75 Å². The van der Waals surface area contributed by atoms with Crippen molar-refractivity contribution < 1.29 is 19.4 Å². The van der Waals surface area contributed by atoms with Gasteiger partial charge in [0.1, 0.15) is 11.8 Å². The van der Waals surface area contributed by atoms with E-state index in [1.165, 1.54) is 24.2 Å². The number of rotatable bonds is 6. The molecule has 1 unspecified atom stereocenters. The lowest BCUT2D eigenvalue weighted by Crippen LogP contribution is -2.41. The Bertz CT molecular complexity index is 564. The van der Waals surface area contributed by atoms with Gasteiger partial charge in [-0.25, -0.2) is 4.79 Å². The van der Waals surface area contributed by atoms with E-state index < -0.39 is 12.0 Å².